The third kappa shape index (κ3) is 5.23. The highest BCUT2D eigenvalue weighted by atomic mass is 16.5. The molecule has 0 unspecified atom stereocenters. The van der Waals surface area contributed by atoms with E-state index >= 15 is 0 Å². The molecule has 0 saturated carbocycles. The third-order valence-electron chi connectivity index (χ3n) is 4.77. The molecule has 5 heteroatoms. The molecule has 138 valence electrons. The van der Waals surface area contributed by atoms with Gasteiger partial charge in [-0.1, -0.05) is 30.3 Å². The van der Waals surface area contributed by atoms with E-state index in [-0.39, 0.29) is 5.91 Å². The number of nitrogens with one attached hydrogen (secondary N) is 1. The number of piperazine rings is 1. The van der Waals surface area contributed by atoms with E-state index in [0.717, 1.165) is 44.0 Å². The van der Waals surface area contributed by atoms with E-state index < -0.39 is 0 Å². The Hall–Kier alpha value is -2.53. The van der Waals surface area contributed by atoms with Crippen molar-refractivity contribution in [3.05, 3.63) is 60.2 Å². The number of hydrogen-bond donors (Lipinski definition) is 1. The number of para-hydroxylation sites is 1. The van der Waals surface area contributed by atoms with Crippen molar-refractivity contribution in [3.63, 3.8) is 0 Å². The smallest absolute Gasteiger partial charge is 0.224 e. The number of carbonyl (C=O) groups excluding carboxylic acids is 1. The minimum absolute atomic E-state index is 0.0677. The van der Waals surface area contributed by atoms with Crippen LogP contribution < -0.4 is 15.0 Å². The minimum Gasteiger partial charge on any atom is -0.497 e. The summed E-state index contributed by atoms with van der Waals surface area (Å²) in [6.45, 7) is 5.72. The number of benzene rings is 2. The number of carbonyl (C=O) groups is 1. The van der Waals surface area contributed by atoms with Gasteiger partial charge in [-0.2, -0.15) is 0 Å². The summed E-state index contributed by atoms with van der Waals surface area (Å²) in [5.74, 6) is 0.877. The predicted octanol–water partition coefficient (Wildman–Crippen LogP) is 2.18. The van der Waals surface area contributed by atoms with E-state index in [2.05, 4.69) is 39.4 Å². The summed E-state index contributed by atoms with van der Waals surface area (Å²) in [6, 6.07) is 18.2. The van der Waals surface area contributed by atoms with Gasteiger partial charge < -0.3 is 15.0 Å². The first-order valence-electron chi connectivity index (χ1n) is 9.16. The topological polar surface area (TPSA) is 44.8 Å². The zero-order chi connectivity index (χ0) is 18.2. The first-order chi connectivity index (χ1) is 12.7. The predicted molar refractivity (Wildman–Crippen MR) is 105 cm³/mol. The Labute approximate surface area is 155 Å². The molecule has 2 aromatic carbocycles. The summed E-state index contributed by atoms with van der Waals surface area (Å²) in [5, 5.41) is 3.02. The van der Waals surface area contributed by atoms with Gasteiger partial charge in [-0.25, -0.2) is 0 Å². The number of hydrogen-bond acceptors (Lipinski definition) is 4. The van der Waals surface area contributed by atoms with Crippen LogP contribution in [0.2, 0.25) is 0 Å². The average molecular weight is 353 g/mol. The SMILES string of the molecule is COc1ccc(CC(=O)NCCN2CCN(c3ccccc3)CC2)cc1. The van der Waals surface area contributed by atoms with E-state index in [4.69, 9.17) is 4.74 Å². The Bertz CT molecular complexity index is 680. The molecule has 1 heterocycles. The fourth-order valence-electron chi connectivity index (χ4n) is 3.21. The number of nitrogens with zero attached hydrogens (tertiary/aromatic N) is 2. The number of methoxy groups -OCH3 is 1. The molecule has 1 aliphatic rings. The van der Waals surface area contributed by atoms with Crippen molar-refractivity contribution in [1.82, 2.24) is 10.2 Å². The maximum atomic E-state index is 12.1. The van der Waals surface area contributed by atoms with Crippen molar-refractivity contribution >= 4 is 11.6 Å². The molecular weight excluding hydrogens is 326 g/mol. The summed E-state index contributed by atoms with van der Waals surface area (Å²) in [6.07, 6.45) is 0.409. The van der Waals surface area contributed by atoms with Crippen molar-refractivity contribution in [1.29, 1.82) is 0 Å². The molecule has 3 rings (SSSR count). The van der Waals surface area contributed by atoms with Gasteiger partial charge >= 0.3 is 0 Å². The van der Waals surface area contributed by atoms with E-state index in [1.807, 2.05) is 30.3 Å². The largest absolute Gasteiger partial charge is 0.497 e. The molecule has 0 atom stereocenters. The molecule has 1 saturated heterocycles. The van der Waals surface area contributed by atoms with Gasteiger partial charge in [-0.15, -0.1) is 0 Å². The second-order valence-electron chi connectivity index (χ2n) is 6.54. The lowest BCUT2D eigenvalue weighted by molar-refractivity contribution is -0.120. The van der Waals surface area contributed by atoms with Crippen LogP contribution in [0.3, 0.4) is 0 Å². The van der Waals surface area contributed by atoms with E-state index in [0.29, 0.717) is 13.0 Å². The van der Waals surface area contributed by atoms with Crippen LogP contribution in [-0.2, 0) is 11.2 Å². The fraction of sp³-hybridized carbons (Fsp3) is 0.381. The van der Waals surface area contributed by atoms with Crippen LogP contribution in [0.4, 0.5) is 5.69 Å². The van der Waals surface area contributed by atoms with Gasteiger partial charge in [0.15, 0.2) is 0 Å². The van der Waals surface area contributed by atoms with Gasteiger partial charge in [0.2, 0.25) is 5.91 Å². The molecule has 1 fully saturated rings. The summed E-state index contributed by atoms with van der Waals surface area (Å²) in [7, 11) is 1.64. The Morgan fingerprint density at radius 2 is 1.69 bits per heavy atom. The quantitative estimate of drug-likeness (QED) is 0.829. The van der Waals surface area contributed by atoms with Crippen molar-refractivity contribution in [2.24, 2.45) is 0 Å². The number of amides is 1. The molecule has 0 bridgehead atoms. The summed E-state index contributed by atoms with van der Waals surface area (Å²) in [5.41, 5.74) is 2.29. The van der Waals surface area contributed by atoms with Crippen LogP contribution in [0.5, 0.6) is 5.75 Å². The second kappa shape index (κ2) is 9.25. The van der Waals surface area contributed by atoms with Crippen LogP contribution in [0.15, 0.2) is 54.6 Å². The lowest BCUT2D eigenvalue weighted by atomic mass is 10.1. The second-order valence-corrected chi connectivity index (χ2v) is 6.54. The van der Waals surface area contributed by atoms with Crippen molar-refractivity contribution in [2.75, 3.05) is 51.3 Å². The van der Waals surface area contributed by atoms with Gasteiger partial charge in [-0.05, 0) is 29.8 Å². The molecule has 0 spiro atoms. The number of anilines is 1. The van der Waals surface area contributed by atoms with Gasteiger partial charge in [-0.3, -0.25) is 9.69 Å². The molecule has 1 aliphatic heterocycles. The first kappa shape index (κ1) is 18.3. The zero-order valence-corrected chi connectivity index (χ0v) is 15.4. The van der Waals surface area contributed by atoms with Gasteiger partial charge in [0.1, 0.15) is 5.75 Å². The van der Waals surface area contributed by atoms with Crippen molar-refractivity contribution in [3.8, 4) is 5.75 Å². The van der Waals surface area contributed by atoms with Gasteiger partial charge in [0.05, 0.1) is 13.5 Å². The molecule has 2 aromatic rings. The molecule has 26 heavy (non-hydrogen) atoms. The lowest BCUT2D eigenvalue weighted by Crippen LogP contribution is -2.48. The summed E-state index contributed by atoms with van der Waals surface area (Å²) >= 11 is 0. The Morgan fingerprint density at radius 1 is 1.00 bits per heavy atom. The summed E-state index contributed by atoms with van der Waals surface area (Å²) in [4.78, 5) is 16.9. The standard InChI is InChI=1S/C21H27N3O2/c1-26-20-9-7-18(8-10-20)17-21(25)22-11-12-23-13-15-24(16-14-23)19-5-3-2-4-6-19/h2-10H,11-17H2,1H3,(H,22,25). The van der Waals surface area contributed by atoms with Crippen LogP contribution in [0.25, 0.3) is 0 Å². The summed E-state index contributed by atoms with van der Waals surface area (Å²) < 4.78 is 5.13. The Balaban J connectivity index is 1.34. The Morgan fingerprint density at radius 3 is 2.35 bits per heavy atom. The zero-order valence-electron chi connectivity index (χ0n) is 15.4. The molecule has 1 amide bonds. The fourth-order valence-corrected chi connectivity index (χ4v) is 3.21. The average Bonchev–Trinajstić information content (AvgIpc) is 2.70. The molecular formula is C21H27N3O2. The minimum atomic E-state index is 0.0677. The highest BCUT2D eigenvalue weighted by molar-refractivity contribution is 5.78. The third-order valence-corrected chi connectivity index (χ3v) is 4.77. The highest BCUT2D eigenvalue weighted by Crippen LogP contribution is 2.15. The maximum Gasteiger partial charge on any atom is 0.224 e. The van der Waals surface area contributed by atoms with Crippen LogP contribution in [0.1, 0.15) is 5.56 Å². The van der Waals surface area contributed by atoms with Crippen LogP contribution in [-0.4, -0.2) is 57.2 Å². The van der Waals surface area contributed by atoms with E-state index in [9.17, 15) is 4.79 Å². The van der Waals surface area contributed by atoms with Gasteiger partial charge in [0, 0.05) is 45.0 Å². The first-order valence-corrected chi connectivity index (χ1v) is 9.16. The van der Waals surface area contributed by atoms with E-state index in [1.54, 1.807) is 7.11 Å². The maximum absolute atomic E-state index is 12.1. The molecule has 5 nitrogen and oxygen atoms in total. The number of rotatable bonds is 7. The lowest BCUT2D eigenvalue weighted by Gasteiger charge is -2.36. The Kier molecular flexibility index (Phi) is 6.50. The molecule has 0 aliphatic carbocycles. The normalized spacial score (nSPS) is 14.9. The highest BCUT2D eigenvalue weighted by Gasteiger charge is 2.16. The monoisotopic (exact) mass is 353 g/mol. The van der Waals surface area contributed by atoms with Crippen LogP contribution in [0, 0.1) is 0 Å². The van der Waals surface area contributed by atoms with Crippen LogP contribution >= 0.6 is 0 Å². The van der Waals surface area contributed by atoms with Crippen molar-refractivity contribution in [2.45, 2.75) is 6.42 Å². The number of ether oxygens (including phenoxy) is 1. The molecule has 1 N–H and O–H groups in total. The van der Waals surface area contributed by atoms with Crippen molar-refractivity contribution < 1.29 is 9.53 Å². The van der Waals surface area contributed by atoms with E-state index in [1.165, 1.54) is 5.69 Å². The molecule has 0 radical (unpaired) electrons. The van der Waals surface area contributed by atoms with Gasteiger partial charge in [0.25, 0.3) is 0 Å². The molecule has 0 aromatic heterocycles.